The Morgan fingerprint density at radius 2 is 1.97 bits per heavy atom. The Labute approximate surface area is 176 Å². The van der Waals surface area contributed by atoms with Gasteiger partial charge in [-0.2, -0.15) is 5.10 Å². The van der Waals surface area contributed by atoms with Gasteiger partial charge < -0.3 is 14.5 Å². The molecule has 0 unspecified atom stereocenters. The maximum atomic E-state index is 12.3. The molecule has 1 saturated heterocycles. The largest absolute Gasteiger partial charge is 0.490 e. The third-order valence-corrected chi connectivity index (χ3v) is 6.26. The lowest BCUT2D eigenvalue weighted by Crippen LogP contribution is -2.39. The van der Waals surface area contributed by atoms with E-state index in [-0.39, 0.29) is 12.0 Å². The lowest BCUT2D eigenvalue weighted by molar-refractivity contribution is 0.0816. The Morgan fingerprint density at radius 3 is 2.73 bits per heavy atom. The van der Waals surface area contributed by atoms with Gasteiger partial charge >= 0.3 is 0 Å². The number of carbonyl (C=O) groups excluding carboxylic acids is 1. The minimum Gasteiger partial charge on any atom is -0.490 e. The van der Waals surface area contributed by atoms with Crippen molar-refractivity contribution in [1.82, 2.24) is 19.7 Å². The van der Waals surface area contributed by atoms with Crippen LogP contribution < -0.4 is 9.64 Å². The number of hydrogen-bond donors (Lipinski definition) is 0. The van der Waals surface area contributed by atoms with Crippen LogP contribution in [-0.2, 0) is 20.0 Å². The van der Waals surface area contributed by atoms with Crippen LogP contribution in [0.25, 0.3) is 10.9 Å². The van der Waals surface area contributed by atoms with E-state index in [1.165, 1.54) is 0 Å². The third kappa shape index (κ3) is 3.18. The van der Waals surface area contributed by atoms with Crippen LogP contribution in [0.3, 0.4) is 0 Å². The van der Waals surface area contributed by atoms with Crippen molar-refractivity contribution in [3.05, 3.63) is 47.3 Å². The number of anilines is 1. The number of rotatable bonds is 4. The van der Waals surface area contributed by atoms with Crippen molar-refractivity contribution in [3.8, 4) is 5.75 Å². The molecule has 0 saturated carbocycles. The lowest BCUT2D eigenvalue weighted by Gasteiger charge is -2.34. The first kappa shape index (κ1) is 18.9. The number of nitrogens with zero attached hydrogens (tertiary/aromatic N) is 5. The number of aryl methyl sites for hydroxylation is 2. The number of carbonyl (C=O) groups is 1. The summed E-state index contributed by atoms with van der Waals surface area (Å²) >= 11 is 0. The van der Waals surface area contributed by atoms with Crippen molar-refractivity contribution in [2.24, 2.45) is 7.05 Å². The van der Waals surface area contributed by atoms with Crippen molar-refractivity contribution < 1.29 is 9.53 Å². The van der Waals surface area contributed by atoms with Gasteiger partial charge in [0.25, 0.3) is 5.91 Å². The smallest absolute Gasteiger partial charge is 0.255 e. The van der Waals surface area contributed by atoms with Crippen molar-refractivity contribution >= 4 is 22.6 Å². The van der Waals surface area contributed by atoms with E-state index in [1.54, 1.807) is 4.90 Å². The van der Waals surface area contributed by atoms with Gasteiger partial charge in [0, 0.05) is 45.4 Å². The number of benzene rings is 1. The van der Waals surface area contributed by atoms with Crippen LogP contribution in [0.15, 0.2) is 30.5 Å². The standard InChI is InChI=1S/C23H27N5O2/c1-4-15-12-19-20(14-26(2)23(19)29)25-22(15)28-9-7-17(8-10-28)30-18-5-6-21-16(11-18)13-24-27(21)3/h5-6,11-13,17H,4,7-10,14H2,1-3H3. The molecule has 7 nitrogen and oxygen atoms in total. The average molecular weight is 406 g/mol. The quantitative estimate of drug-likeness (QED) is 0.667. The highest BCUT2D eigenvalue weighted by molar-refractivity contribution is 5.98. The van der Waals surface area contributed by atoms with Crippen molar-refractivity contribution in [1.29, 1.82) is 0 Å². The van der Waals surface area contributed by atoms with Gasteiger partial charge in [-0.3, -0.25) is 9.48 Å². The highest BCUT2D eigenvalue weighted by atomic mass is 16.5. The zero-order chi connectivity index (χ0) is 20.8. The highest BCUT2D eigenvalue weighted by Crippen LogP contribution is 2.30. The molecule has 0 atom stereocenters. The molecule has 30 heavy (non-hydrogen) atoms. The second-order valence-corrected chi connectivity index (χ2v) is 8.27. The first-order valence-electron chi connectivity index (χ1n) is 10.6. The number of fused-ring (bicyclic) bond motifs is 2. The molecule has 3 aromatic rings. The number of aromatic nitrogens is 3. The topological polar surface area (TPSA) is 63.5 Å². The zero-order valence-corrected chi connectivity index (χ0v) is 17.8. The Hall–Kier alpha value is -3.09. The minimum atomic E-state index is 0.0800. The van der Waals surface area contributed by atoms with E-state index < -0.39 is 0 Å². The summed E-state index contributed by atoms with van der Waals surface area (Å²) in [6, 6.07) is 8.21. The Bertz CT molecular complexity index is 1110. The van der Waals surface area contributed by atoms with E-state index in [1.807, 2.05) is 31.0 Å². The minimum absolute atomic E-state index is 0.0800. The van der Waals surface area contributed by atoms with E-state index >= 15 is 0 Å². The lowest BCUT2D eigenvalue weighted by atomic mass is 10.0. The summed E-state index contributed by atoms with van der Waals surface area (Å²) in [4.78, 5) is 21.3. The maximum absolute atomic E-state index is 12.3. The zero-order valence-electron chi connectivity index (χ0n) is 17.8. The maximum Gasteiger partial charge on any atom is 0.255 e. The molecule has 2 aliphatic rings. The second kappa shape index (κ2) is 7.31. The second-order valence-electron chi connectivity index (χ2n) is 8.27. The molecule has 2 aliphatic heterocycles. The molecule has 2 aromatic heterocycles. The van der Waals surface area contributed by atoms with Crippen molar-refractivity contribution in [2.45, 2.75) is 38.8 Å². The molecule has 0 radical (unpaired) electrons. The van der Waals surface area contributed by atoms with E-state index in [2.05, 4.69) is 35.1 Å². The van der Waals surface area contributed by atoms with Gasteiger partial charge in [0.05, 0.1) is 29.5 Å². The molecule has 7 heteroatoms. The predicted octanol–water partition coefficient (Wildman–Crippen LogP) is 3.16. The van der Waals surface area contributed by atoms with Gasteiger partial charge in [-0.05, 0) is 36.2 Å². The van der Waals surface area contributed by atoms with Crippen LogP contribution in [0.2, 0.25) is 0 Å². The molecular weight excluding hydrogens is 378 g/mol. The number of ether oxygens (including phenoxy) is 1. The molecule has 5 rings (SSSR count). The molecule has 156 valence electrons. The van der Waals surface area contributed by atoms with E-state index in [9.17, 15) is 4.79 Å². The summed E-state index contributed by atoms with van der Waals surface area (Å²) in [7, 11) is 3.78. The molecular formula is C23H27N5O2. The predicted molar refractivity (Wildman–Crippen MR) is 116 cm³/mol. The summed E-state index contributed by atoms with van der Waals surface area (Å²) in [6.45, 7) is 4.53. The first-order valence-corrected chi connectivity index (χ1v) is 10.6. The van der Waals surface area contributed by atoms with Gasteiger partial charge in [0.2, 0.25) is 0 Å². The van der Waals surface area contributed by atoms with Gasteiger partial charge in [0.15, 0.2) is 0 Å². The van der Waals surface area contributed by atoms with E-state index in [0.29, 0.717) is 6.54 Å². The van der Waals surface area contributed by atoms with Crippen LogP contribution >= 0.6 is 0 Å². The molecule has 0 N–H and O–H groups in total. The van der Waals surface area contributed by atoms with Crippen LogP contribution in [0.4, 0.5) is 5.82 Å². The summed E-state index contributed by atoms with van der Waals surface area (Å²) in [5.41, 5.74) is 3.93. The van der Waals surface area contributed by atoms with E-state index in [0.717, 1.165) is 71.6 Å². The fourth-order valence-electron chi connectivity index (χ4n) is 4.52. The van der Waals surface area contributed by atoms with E-state index in [4.69, 9.17) is 9.72 Å². The molecule has 0 spiro atoms. The molecule has 1 aromatic carbocycles. The fourth-order valence-corrected chi connectivity index (χ4v) is 4.52. The number of amides is 1. The SMILES string of the molecule is CCc1cc2c(nc1N1CCC(Oc3ccc4c(cnn4C)c3)CC1)CN(C)C2=O. The molecule has 0 aliphatic carbocycles. The van der Waals surface area contributed by atoms with Crippen LogP contribution in [0.1, 0.15) is 41.4 Å². The first-order chi connectivity index (χ1) is 14.5. The normalized spacial score (nSPS) is 17.1. The summed E-state index contributed by atoms with van der Waals surface area (Å²) in [5.74, 6) is 2.02. The van der Waals surface area contributed by atoms with Crippen LogP contribution in [-0.4, -0.2) is 51.8 Å². The molecule has 0 bridgehead atoms. The van der Waals surface area contributed by atoms with Crippen molar-refractivity contribution in [3.63, 3.8) is 0 Å². The Morgan fingerprint density at radius 1 is 1.17 bits per heavy atom. The number of pyridine rings is 1. The average Bonchev–Trinajstić information content (AvgIpc) is 3.26. The van der Waals surface area contributed by atoms with Gasteiger partial charge in [-0.25, -0.2) is 4.98 Å². The number of hydrogen-bond acceptors (Lipinski definition) is 5. The van der Waals surface area contributed by atoms with Crippen LogP contribution in [0, 0.1) is 0 Å². The Kier molecular flexibility index (Phi) is 4.60. The molecule has 1 amide bonds. The Balaban J connectivity index is 1.29. The van der Waals surface area contributed by atoms with Gasteiger partial charge in [0.1, 0.15) is 17.7 Å². The van der Waals surface area contributed by atoms with Crippen molar-refractivity contribution in [2.75, 3.05) is 25.0 Å². The van der Waals surface area contributed by atoms with Gasteiger partial charge in [-0.1, -0.05) is 6.92 Å². The molecule has 4 heterocycles. The highest BCUT2D eigenvalue weighted by Gasteiger charge is 2.30. The fraction of sp³-hybridized carbons (Fsp3) is 0.435. The monoisotopic (exact) mass is 405 g/mol. The summed E-state index contributed by atoms with van der Waals surface area (Å²) in [5, 5.41) is 5.40. The summed E-state index contributed by atoms with van der Waals surface area (Å²) < 4.78 is 8.15. The summed E-state index contributed by atoms with van der Waals surface area (Å²) in [6.07, 6.45) is 4.84. The third-order valence-electron chi connectivity index (χ3n) is 6.26. The molecule has 1 fully saturated rings. The van der Waals surface area contributed by atoms with Gasteiger partial charge in [-0.15, -0.1) is 0 Å². The van der Waals surface area contributed by atoms with Crippen LogP contribution in [0.5, 0.6) is 5.75 Å². The number of piperidine rings is 1.